The van der Waals surface area contributed by atoms with Crippen molar-refractivity contribution in [1.29, 1.82) is 0 Å². The zero-order valence-electron chi connectivity index (χ0n) is 9.86. The van der Waals surface area contributed by atoms with Gasteiger partial charge in [-0.3, -0.25) is 0 Å². The van der Waals surface area contributed by atoms with Crippen LogP contribution in [-0.4, -0.2) is 52.9 Å². The zero-order valence-corrected chi connectivity index (χ0v) is 9.86. The van der Waals surface area contributed by atoms with E-state index in [2.05, 4.69) is 13.2 Å². The Bertz CT molecular complexity index is 141. The Labute approximate surface area is 97.8 Å². The summed E-state index contributed by atoms with van der Waals surface area (Å²) in [4.78, 5) is 0. The van der Waals surface area contributed by atoms with Gasteiger partial charge in [0.25, 0.3) is 0 Å². The van der Waals surface area contributed by atoms with Crippen LogP contribution in [0.1, 0.15) is 0 Å². The first-order chi connectivity index (χ1) is 7.91. The molecule has 0 aliphatic heterocycles. The van der Waals surface area contributed by atoms with Gasteiger partial charge in [0.2, 0.25) is 0 Å². The minimum absolute atomic E-state index is 0.570. The summed E-state index contributed by atoms with van der Waals surface area (Å²) in [6, 6.07) is 0. The summed E-state index contributed by atoms with van der Waals surface area (Å²) < 4.78 is 20.8. The average Bonchev–Trinajstić information content (AvgIpc) is 2.31. The molecule has 0 amide bonds. The monoisotopic (exact) mass is 230 g/mol. The van der Waals surface area contributed by atoms with Gasteiger partial charge in [-0.2, -0.15) is 0 Å². The minimum Gasteiger partial charge on any atom is -0.377 e. The second-order valence-corrected chi connectivity index (χ2v) is 2.95. The largest absolute Gasteiger partial charge is 0.377 e. The van der Waals surface area contributed by atoms with Gasteiger partial charge in [-0.25, -0.2) is 0 Å². The lowest BCUT2D eigenvalue weighted by Gasteiger charge is -2.06. The third-order valence-corrected chi connectivity index (χ3v) is 1.59. The van der Waals surface area contributed by atoms with E-state index in [4.69, 9.17) is 18.9 Å². The molecule has 0 unspecified atom stereocenters. The molecule has 0 radical (unpaired) electrons. The Morgan fingerprint density at radius 1 is 0.562 bits per heavy atom. The highest BCUT2D eigenvalue weighted by Gasteiger charge is 1.90. The predicted molar refractivity (Wildman–Crippen MR) is 63.7 cm³/mol. The Balaban J connectivity index is 2.87. The van der Waals surface area contributed by atoms with Gasteiger partial charge < -0.3 is 18.9 Å². The smallest absolute Gasteiger partial charge is 0.0704 e. The maximum atomic E-state index is 5.27. The molecule has 0 bridgehead atoms. The zero-order chi connectivity index (χ0) is 11.9. The number of rotatable bonds is 13. The highest BCUT2D eigenvalue weighted by atomic mass is 16.6. The van der Waals surface area contributed by atoms with Crippen LogP contribution in [-0.2, 0) is 18.9 Å². The second kappa shape index (κ2) is 14.3. The SMILES string of the molecule is C=CCOCCOCCOCCOCC=C. The van der Waals surface area contributed by atoms with Crippen LogP contribution in [0.3, 0.4) is 0 Å². The topological polar surface area (TPSA) is 36.9 Å². The van der Waals surface area contributed by atoms with E-state index in [0.717, 1.165) is 0 Å². The maximum absolute atomic E-state index is 5.27. The molecule has 0 heterocycles. The lowest BCUT2D eigenvalue weighted by Crippen LogP contribution is -2.11. The van der Waals surface area contributed by atoms with Gasteiger partial charge in [0, 0.05) is 0 Å². The molecular weight excluding hydrogens is 208 g/mol. The highest BCUT2D eigenvalue weighted by molar-refractivity contribution is 4.63. The number of ether oxygens (including phenoxy) is 4. The molecule has 0 spiro atoms. The molecule has 0 aliphatic carbocycles. The first kappa shape index (κ1) is 15.3. The molecule has 0 saturated heterocycles. The van der Waals surface area contributed by atoms with Crippen LogP contribution in [0.25, 0.3) is 0 Å². The number of hydrogen-bond donors (Lipinski definition) is 0. The van der Waals surface area contributed by atoms with Gasteiger partial charge >= 0.3 is 0 Å². The summed E-state index contributed by atoms with van der Waals surface area (Å²) in [5.74, 6) is 0. The molecule has 4 nitrogen and oxygen atoms in total. The lowest BCUT2D eigenvalue weighted by molar-refractivity contribution is 0.00397. The van der Waals surface area contributed by atoms with Gasteiger partial charge in [0.15, 0.2) is 0 Å². The van der Waals surface area contributed by atoms with Crippen molar-refractivity contribution in [2.75, 3.05) is 52.9 Å². The fourth-order valence-electron chi connectivity index (χ4n) is 0.891. The molecule has 94 valence electrons. The predicted octanol–water partition coefficient (Wildman–Crippen LogP) is 1.42. The first-order valence-electron chi connectivity index (χ1n) is 5.44. The van der Waals surface area contributed by atoms with Crippen molar-refractivity contribution in [3.8, 4) is 0 Å². The molecule has 0 aromatic rings. The van der Waals surface area contributed by atoms with E-state index in [-0.39, 0.29) is 0 Å². The Morgan fingerprint density at radius 2 is 0.875 bits per heavy atom. The molecule has 0 N–H and O–H groups in total. The van der Waals surface area contributed by atoms with Gasteiger partial charge in [0.1, 0.15) is 0 Å². The molecule has 0 fully saturated rings. The fraction of sp³-hybridized carbons (Fsp3) is 0.667. The van der Waals surface area contributed by atoms with Crippen LogP contribution in [0.2, 0.25) is 0 Å². The van der Waals surface area contributed by atoms with E-state index in [1.165, 1.54) is 0 Å². The van der Waals surface area contributed by atoms with E-state index in [1.54, 1.807) is 12.2 Å². The van der Waals surface area contributed by atoms with E-state index in [1.807, 2.05) is 0 Å². The van der Waals surface area contributed by atoms with E-state index in [0.29, 0.717) is 52.9 Å². The molecule has 0 aromatic heterocycles. The van der Waals surface area contributed by atoms with Crippen molar-refractivity contribution in [2.24, 2.45) is 0 Å². The van der Waals surface area contributed by atoms with Crippen molar-refractivity contribution in [3.05, 3.63) is 25.3 Å². The van der Waals surface area contributed by atoms with Gasteiger partial charge in [-0.15, -0.1) is 13.2 Å². The van der Waals surface area contributed by atoms with Crippen LogP contribution in [0.4, 0.5) is 0 Å². The fourth-order valence-corrected chi connectivity index (χ4v) is 0.891. The molecule has 16 heavy (non-hydrogen) atoms. The summed E-state index contributed by atoms with van der Waals surface area (Å²) in [5.41, 5.74) is 0. The van der Waals surface area contributed by atoms with Gasteiger partial charge in [-0.05, 0) is 0 Å². The van der Waals surface area contributed by atoms with Crippen molar-refractivity contribution in [2.45, 2.75) is 0 Å². The van der Waals surface area contributed by atoms with E-state index < -0.39 is 0 Å². The Kier molecular flexibility index (Phi) is 13.7. The molecule has 0 atom stereocenters. The van der Waals surface area contributed by atoms with Crippen LogP contribution in [0.15, 0.2) is 25.3 Å². The maximum Gasteiger partial charge on any atom is 0.0704 e. The summed E-state index contributed by atoms with van der Waals surface area (Å²) in [6.07, 6.45) is 3.43. The second-order valence-electron chi connectivity index (χ2n) is 2.95. The minimum atomic E-state index is 0.570. The number of hydrogen-bond acceptors (Lipinski definition) is 4. The summed E-state index contributed by atoms with van der Waals surface area (Å²) in [7, 11) is 0. The molecular formula is C12H22O4. The van der Waals surface area contributed by atoms with Crippen molar-refractivity contribution >= 4 is 0 Å². The van der Waals surface area contributed by atoms with E-state index in [9.17, 15) is 0 Å². The highest BCUT2D eigenvalue weighted by Crippen LogP contribution is 1.82. The van der Waals surface area contributed by atoms with Crippen LogP contribution < -0.4 is 0 Å². The van der Waals surface area contributed by atoms with Crippen molar-refractivity contribution < 1.29 is 18.9 Å². The van der Waals surface area contributed by atoms with Crippen LogP contribution >= 0.6 is 0 Å². The van der Waals surface area contributed by atoms with E-state index >= 15 is 0 Å². The first-order valence-corrected chi connectivity index (χ1v) is 5.44. The summed E-state index contributed by atoms with van der Waals surface area (Å²) in [6.45, 7) is 11.8. The van der Waals surface area contributed by atoms with Crippen LogP contribution in [0.5, 0.6) is 0 Å². The Hall–Kier alpha value is -0.680. The third-order valence-electron chi connectivity index (χ3n) is 1.59. The van der Waals surface area contributed by atoms with Gasteiger partial charge in [0.05, 0.1) is 52.9 Å². The summed E-state index contributed by atoms with van der Waals surface area (Å²) in [5, 5.41) is 0. The van der Waals surface area contributed by atoms with Crippen molar-refractivity contribution in [1.82, 2.24) is 0 Å². The average molecular weight is 230 g/mol. The normalized spacial score (nSPS) is 10.2. The molecule has 0 aromatic carbocycles. The molecule has 0 saturated carbocycles. The standard InChI is InChI=1S/C12H22O4/c1-3-5-13-7-9-15-11-12-16-10-8-14-6-4-2/h3-4H,1-2,5-12H2. The lowest BCUT2D eigenvalue weighted by atomic mass is 10.6. The third kappa shape index (κ3) is 13.3. The quantitative estimate of drug-likeness (QED) is 0.354. The van der Waals surface area contributed by atoms with Crippen molar-refractivity contribution in [3.63, 3.8) is 0 Å². The molecule has 4 heteroatoms. The molecule has 0 aliphatic rings. The van der Waals surface area contributed by atoms with Gasteiger partial charge in [-0.1, -0.05) is 12.2 Å². The van der Waals surface area contributed by atoms with Crippen LogP contribution in [0, 0.1) is 0 Å². The Morgan fingerprint density at radius 3 is 1.19 bits per heavy atom. The molecule has 0 rings (SSSR count). The summed E-state index contributed by atoms with van der Waals surface area (Å²) >= 11 is 0.